The minimum Gasteiger partial charge on any atom is -0.508 e. The quantitative estimate of drug-likeness (QED) is 0.820. The Morgan fingerprint density at radius 1 is 1.41 bits per heavy atom. The van der Waals surface area contributed by atoms with Crippen molar-refractivity contribution in [1.82, 2.24) is 4.90 Å². The molecule has 0 saturated carbocycles. The van der Waals surface area contributed by atoms with Crippen LogP contribution in [0.4, 0.5) is 0 Å². The highest BCUT2D eigenvalue weighted by Crippen LogP contribution is 2.27. The van der Waals surface area contributed by atoms with Gasteiger partial charge in [0.05, 0.1) is 5.25 Å². The topological polar surface area (TPSA) is 40.5 Å². The van der Waals surface area contributed by atoms with Crippen LogP contribution in [-0.2, 0) is 4.79 Å². The normalized spacial score (nSPS) is 12.2. The van der Waals surface area contributed by atoms with Crippen LogP contribution in [-0.4, -0.2) is 34.3 Å². The van der Waals surface area contributed by atoms with E-state index in [9.17, 15) is 9.90 Å². The van der Waals surface area contributed by atoms with Crippen LogP contribution in [0, 0.1) is 0 Å². The molecule has 94 valence electrons. The largest absolute Gasteiger partial charge is 0.508 e. The number of rotatable bonds is 5. The third kappa shape index (κ3) is 3.97. The lowest BCUT2D eigenvalue weighted by Crippen LogP contribution is -2.36. The van der Waals surface area contributed by atoms with E-state index in [-0.39, 0.29) is 16.9 Å². The first kappa shape index (κ1) is 13.9. The summed E-state index contributed by atoms with van der Waals surface area (Å²) in [5.74, 6) is 0.376. The van der Waals surface area contributed by atoms with Crippen molar-refractivity contribution in [3.8, 4) is 5.75 Å². The van der Waals surface area contributed by atoms with Gasteiger partial charge in [-0.2, -0.15) is 0 Å². The van der Waals surface area contributed by atoms with Crippen LogP contribution < -0.4 is 0 Å². The number of thioether (sulfide) groups is 1. The second-order valence-electron chi connectivity index (χ2n) is 3.77. The van der Waals surface area contributed by atoms with Gasteiger partial charge in [-0.05, 0) is 39.0 Å². The molecule has 0 spiro atoms. The lowest BCUT2D eigenvalue weighted by atomic mass is 10.3. The number of hydrogen-bond donors (Lipinski definition) is 1. The van der Waals surface area contributed by atoms with Crippen molar-refractivity contribution in [1.29, 1.82) is 0 Å². The van der Waals surface area contributed by atoms with E-state index in [0.717, 1.165) is 18.0 Å². The fraction of sp³-hybridized carbons (Fsp3) is 0.462. The molecule has 1 N–H and O–H groups in total. The first-order valence-corrected chi connectivity index (χ1v) is 6.70. The summed E-state index contributed by atoms with van der Waals surface area (Å²) in [6.07, 6.45) is 0. The van der Waals surface area contributed by atoms with E-state index >= 15 is 0 Å². The average Bonchev–Trinajstić information content (AvgIpc) is 2.30. The molecular weight excluding hydrogens is 234 g/mol. The molecule has 1 atom stereocenters. The number of nitrogens with zero attached hydrogens (tertiary/aromatic N) is 1. The summed E-state index contributed by atoms with van der Waals surface area (Å²) >= 11 is 1.47. The highest BCUT2D eigenvalue weighted by atomic mass is 32.2. The predicted molar refractivity (Wildman–Crippen MR) is 71.4 cm³/mol. The molecule has 1 amide bonds. The van der Waals surface area contributed by atoms with Crippen LogP contribution in [0.25, 0.3) is 0 Å². The van der Waals surface area contributed by atoms with Crippen LogP contribution in [0.2, 0.25) is 0 Å². The van der Waals surface area contributed by atoms with Gasteiger partial charge >= 0.3 is 0 Å². The standard InChI is InChI=1S/C13H19NO2S/c1-4-14(5-2)13(16)10(3)17-12-8-6-7-11(15)9-12/h6-10,15H,4-5H2,1-3H3. The van der Waals surface area contributed by atoms with Crippen molar-refractivity contribution >= 4 is 17.7 Å². The molecule has 0 aromatic heterocycles. The Morgan fingerprint density at radius 3 is 2.59 bits per heavy atom. The molecule has 0 aliphatic carbocycles. The molecule has 1 aromatic carbocycles. The summed E-state index contributed by atoms with van der Waals surface area (Å²) in [6.45, 7) is 7.33. The lowest BCUT2D eigenvalue weighted by molar-refractivity contribution is -0.129. The van der Waals surface area contributed by atoms with Crippen LogP contribution >= 0.6 is 11.8 Å². The third-order valence-corrected chi connectivity index (χ3v) is 3.63. The molecule has 0 heterocycles. The number of hydrogen-bond acceptors (Lipinski definition) is 3. The number of carbonyl (C=O) groups is 1. The summed E-state index contributed by atoms with van der Waals surface area (Å²) in [5, 5.41) is 9.23. The van der Waals surface area contributed by atoms with Crippen LogP contribution in [0.1, 0.15) is 20.8 Å². The van der Waals surface area contributed by atoms with Gasteiger partial charge in [0.15, 0.2) is 0 Å². The zero-order valence-electron chi connectivity index (χ0n) is 10.5. The smallest absolute Gasteiger partial charge is 0.235 e. The van der Waals surface area contributed by atoms with Crippen molar-refractivity contribution < 1.29 is 9.90 Å². The maximum Gasteiger partial charge on any atom is 0.235 e. The van der Waals surface area contributed by atoms with Gasteiger partial charge < -0.3 is 10.0 Å². The number of amides is 1. The molecule has 0 aliphatic heterocycles. The Bertz CT molecular complexity index is 377. The van der Waals surface area contributed by atoms with E-state index in [4.69, 9.17) is 0 Å². The minimum atomic E-state index is -0.128. The molecule has 0 fully saturated rings. The Kier molecular flexibility index (Phi) is 5.35. The number of benzene rings is 1. The van der Waals surface area contributed by atoms with Gasteiger partial charge in [-0.1, -0.05) is 6.07 Å². The SMILES string of the molecule is CCN(CC)C(=O)C(C)Sc1cccc(O)c1. The third-order valence-electron chi connectivity index (χ3n) is 2.55. The summed E-state index contributed by atoms with van der Waals surface area (Å²) in [4.78, 5) is 14.8. The molecule has 4 heteroatoms. The van der Waals surface area contributed by atoms with Gasteiger partial charge in [0.1, 0.15) is 5.75 Å². The van der Waals surface area contributed by atoms with Gasteiger partial charge in [-0.15, -0.1) is 11.8 Å². The fourth-order valence-electron chi connectivity index (χ4n) is 1.60. The van der Waals surface area contributed by atoms with Crippen molar-refractivity contribution in [2.75, 3.05) is 13.1 Å². The molecule has 1 unspecified atom stereocenters. The number of phenols is 1. The Labute approximate surface area is 107 Å². The molecule has 1 rings (SSSR count). The molecule has 1 aromatic rings. The molecule has 0 saturated heterocycles. The molecule has 17 heavy (non-hydrogen) atoms. The Hall–Kier alpha value is -1.16. The van der Waals surface area contributed by atoms with Crippen LogP contribution in [0.5, 0.6) is 5.75 Å². The first-order chi connectivity index (χ1) is 8.08. The second kappa shape index (κ2) is 6.55. The Balaban J connectivity index is 2.65. The number of phenolic OH excluding ortho intramolecular Hbond substituents is 1. The molecule has 3 nitrogen and oxygen atoms in total. The number of aromatic hydroxyl groups is 1. The van der Waals surface area contributed by atoms with E-state index in [1.807, 2.05) is 31.7 Å². The Morgan fingerprint density at radius 2 is 2.06 bits per heavy atom. The summed E-state index contributed by atoms with van der Waals surface area (Å²) in [5.41, 5.74) is 0. The summed E-state index contributed by atoms with van der Waals surface area (Å²) in [7, 11) is 0. The average molecular weight is 253 g/mol. The van der Waals surface area contributed by atoms with E-state index in [2.05, 4.69) is 0 Å². The highest BCUT2D eigenvalue weighted by molar-refractivity contribution is 8.00. The maximum absolute atomic E-state index is 12.0. The van der Waals surface area contributed by atoms with Crippen LogP contribution in [0.15, 0.2) is 29.2 Å². The highest BCUT2D eigenvalue weighted by Gasteiger charge is 2.19. The van der Waals surface area contributed by atoms with E-state index in [1.165, 1.54) is 11.8 Å². The monoisotopic (exact) mass is 253 g/mol. The van der Waals surface area contributed by atoms with Crippen molar-refractivity contribution in [3.05, 3.63) is 24.3 Å². The van der Waals surface area contributed by atoms with Crippen molar-refractivity contribution in [2.24, 2.45) is 0 Å². The fourth-order valence-corrected chi connectivity index (χ4v) is 2.61. The van der Waals surface area contributed by atoms with Gasteiger partial charge in [0.25, 0.3) is 0 Å². The maximum atomic E-state index is 12.0. The second-order valence-corrected chi connectivity index (χ2v) is 5.18. The van der Waals surface area contributed by atoms with Crippen LogP contribution in [0.3, 0.4) is 0 Å². The van der Waals surface area contributed by atoms with Gasteiger partial charge in [-0.25, -0.2) is 0 Å². The van der Waals surface area contributed by atoms with Gasteiger partial charge in [0, 0.05) is 18.0 Å². The first-order valence-electron chi connectivity index (χ1n) is 5.83. The molecule has 0 bridgehead atoms. The summed E-state index contributed by atoms with van der Waals surface area (Å²) in [6, 6.07) is 6.99. The number of carbonyl (C=O) groups excluding carboxylic acids is 1. The van der Waals surface area contributed by atoms with Gasteiger partial charge in [-0.3, -0.25) is 4.79 Å². The lowest BCUT2D eigenvalue weighted by Gasteiger charge is -2.22. The van der Waals surface area contributed by atoms with Gasteiger partial charge in [0.2, 0.25) is 5.91 Å². The predicted octanol–water partition coefficient (Wildman–Crippen LogP) is 2.74. The van der Waals surface area contributed by atoms with Crippen molar-refractivity contribution in [3.63, 3.8) is 0 Å². The zero-order chi connectivity index (χ0) is 12.8. The van der Waals surface area contributed by atoms with E-state index in [0.29, 0.717) is 0 Å². The zero-order valence-corrected chi connectivity index (χ0v) is 11.3. The summed E-state index contributed by atoms with van der Waals surface area (Å²) < 4.78 is 0. The minimum absolute atomic E-state index is 0.128. The van der Waals surface area contributed by atoms with Crippen molar-refractivity contribution in [2.45, 2.75) is 30.9 Å². The molecule has 0 radical (unpaired) electrons. The van der Waals surface area contributed by atoms with E-state index in [1.54, 1.807) is 18.2 Å². The van der Waals surface area contributed by atoms with E-state index < -0.39 is 0 Å². The molecular formula is C13H19NO2S. The molecule has 0 aliphatic rings.